The Morgan fingerprint density at radius 1 is 1.03 bits per heavy atom. The second-order valence-corrected chi connectivity index (χ2v) is 9.50. The zero-order chi connectivity index (χ0) is 28.7. The van der Waals surface area contributed by atoms with Crippen molar-refractivity contribution in [1.29, 1.82) is 0 Å². The lowest BCUT2D eigenvalue weighted by Crippen LogP contribution is -2.58. The van der Waals surface area contributed by atoms with E-state index in [-0.39, 0.29) is 32.2 Å². The zero-order valence-electron chi connectivity index (χ0n) is 21.2. The molecule has 2 aromatic rings. The second kappa shape index (κ2) is 12.9. The van der Waals surface area contributed by atoms with Gasteiger partial charge < -0.3 is 42.8 Å². The van der Waals surface area contributed by atoms with Gasteiger partial charge >= 0.3 is 5.97 Å². The lowest BCUT2D eigenvalue weighted by Gasteiger charge is -2.29. The van der Waals surface area contributed by atoms with Crippen molar-refractivity contribution in [3.63, 3.8) is 0 Å². The maximum absolute atomic E-state index is 13.5. The van der Waals surface area contributed by atoms with Crippen LogP contribution in [0.3, 0.4) is 0 Å². The number of carbonyl (C=O) groups is 6. The van der Waals surface area contributed by atoms with E-state index in [1.54, 1.807) is 6.20 Å². The number of nitrogens with one attached hydrogen (secondary N) is 3. The summed E-state index contributed by atoms with van der Waals surface area (Å²) in [6.07, 6.45) is 1.53. The number of carboxylic acid groups (broad SMARTS) is 1. The van der Waals surface area contributed by atoms with E-state index in [1.807, 2.05) is 24.3 Å². The van der Waals surface area contributed by atoms with E-state index in [0.717, 1.165) is 15.8 Å². The van der Waals surface area contributed by atoms with Crippen molar-refractivity contribution in [3.8, 4) is 0 Å². The number of hydrogen-bond acceptors (Lipinski definition) is 7. The third kappa shape index (κ3) is 7.54. The fourth-order valence-corrected chi connectivity index (χ4v) is 4.62. The minimum atomic E-state index is -1.31. The number of H-pyrrole nitrogens is 1. The highest BCUT2D eigenvalue weighted by molar-refractivity contribution is 5.96. The average Bonchev–Trinajstić information content (AvgIpc) is 3.53. The van der Waals surface area contributed by atoms with E-state index in [2.05, 4.69) is 15.6 Å². The van der Waals surface area contributed by atoms with Crippen LogP contribution in [-0.2, 0) is 35.2 Å². The van der Waals surface area contributed by atoms with Gasteiger partial charge in [-0.3, -0.25) is 24.0 Å². The van der Waals surface area contributed by atoms with Crippen LogP contribution in [0.15, 0.2) is 30.5 Å². The molecular formula is C25H33N7O7. The SMILES string of the molecule is NC(=O)CCC(NC(=O)C(Cc1c[nH]c2ccccc12)NC(=O)C(N)CC(N)=O)C(=O)N1CCCC1C(=O)O. The predicted octanol–water partition coefficient (Wildman–Crippen LogP) is -1.78. The number of hydrogen-bond donors (Lipinski definition) is 7. The number of likely N-dealkylation sites (tertiary alicyclic amines) is 1. The fourth-order valence-electron chi connectivity index (χ4n) is 4.62. The molecule has 14 heteroatoms. The highest BCUT2D eigenvalue weighted by atomic mass is 16.4. The quantitative estimate of drug-likeness (QED) is 0.152. The van der Waals surface area contributed by atoms with Gasteiger partial charge in [-0.25, -0.2) is 4.79 Å². The first-order valence-corrected chi connectivity index (χ1v) is 12.5. The molecule has 0 aliphatic carbocycles. The van der Waals surface area contributed by atoms with Crippen molar-refractivity contribution >= 4 is 46.4 Å². The molecule has 210 valence electrons. The molecular weight excluding hydrogens is 510 g/mol. The molecule has 5 amide bonds. The molecule has 1 aromatic carbocycles. The fraction of sp³-hybridized carbons (Fsp3) is 0.440. The van der Waals surface area contributed by atoms with Crippen LogP contribution >= 0.6 is 0 Å². The number of primary amides is 2. The molecule has 2 heterocycles. The molecule has 1 aliphatic rings. The maximum atomic E-state index is 13.5. The Hall–Kier alpha value is -4.46. The van der Waals surface area contributed by atoms with Crippen molar-refractivity contribution in [2.75, 3.05) is 6.54 Å². The number of amides is 5. The van der Waals surface area contributed by atoms with E-state index in [4.69, 9.17) is 17.2 Å². The highest BCUT2D eigenvalue weighted by Gasteiger charge is 2.38. The van der Waals surface area contributed by atoms with Gasteiger partial charge in [0.15, 0.2) is 0 Å². The lowest BCUT2D eigenvalue weighted by molar-refractivity contribution is -0.149. The molecule has 0 saturated carbocycles. The summed E-state index contributed by atoms with van der Waals surface area (Å²) < 4.78 is 0. The van der Waals surface area contributed by atoms with Gasteiger partial charge in [-0.2, -0.15) is 0 Å². The number of nitrogens with two attached hydrogens (primary N) is 3. The number of carboxylic acids is 1. The summed E-state index contributed by atoms with van der Waals surface area (Å²) in [5.74, 6) is -4.93. The van der Waals surface area contributed by atoms with Gasteiger partial charge in [0.2, 0.25) is 29.5 Å². The molecule has 0 radical (unpaired) electrons. The molecule has 0 spiro atoms. The first-order chi connectivity index (χ1) is 18.5. The Labute approximate surface area is 223 Å². The smallest absolute Gasteiger partial charge is 0.326 e. The average molecular weight is 544 g/mol. The number of fused-ring (bicyclic) bond motifs is 1. The van der Waals surface area contributed by atoms with Crippen molar-refractivity contribution in [1.82, 2.24) is 20.5 Å². The van der Waals surface area contributed by atoms with Crippen LogP contribution in [-0.4, -0.2) is 81.2 Å². The molecule has 1 aromatic heterocycles. The van der Waals surface area contributed by atoms with Crippen molar-refractivity contribution in [3.05, 3.63) is 36.0 Å². The van der Waals surface area contributed by atoms with Crippen LogP contribution in [0.25, 0.3) is 10.9 Å². The van der Waals surface area contributed by atoms with E-state index in [1.165, 1.54) is 0 Å². The molecule has 14 nitrogen and oxygen atoms in total. The molecule has 0 bridgehead atoms. The highest BCUT2D eigenvalue weighted by Crippen LogP contribution is 2.21. The minimum absolute atomic E-state index is 0.0108. The number of aromatic nitrogens is 1. The maximum Gasteiger partial charge on any atom is 0.326 e. The Morgan fingerprint density at radius 3 is 2.38 bits per heavy atom. The third-order valence-electron chi connectivity index (χ3n) is 6.60. The molecule has 1 saturated heterocycles. The predicted molar refractivity (Wildman–Crippen MR) is 138 cm³/mol. The summed E-state index contributed by atoms with van der Waals surface area (Å²) in [6, 6.07) is 2.42. The van der Waals surface area contributed by atoms with Crippen LogP contribution < -0.4 is 27.8 Å². The van der Waals surface area contributed by atoms with E-state index in [0.29, 0.717) is 12.0 Å². The summed E-state index contributed by atoms with van der Waals surface area (Å²) in [6.45, 7) is 0.177. The Balaban J connectivity index is 1.86. The number of carbonyl (C=O) groups excluding carboxylic acids is 5. The molecule has 4 atom stereocenters. The van der Waals surface area contributed by atoms with E-state index < -0.39 is 66.1 Å². The van der Waals surface area contributed by atoms with Gasteiger partial charge in [-0.1, -0.05) is 18.2 Å². The number of nitrogens with zero attached hydrogens (tertiary/aromatic N) is 1. The van der Waals surface area contributed by atoms with Gasteiger partial charge in [0, 0.05) is 36.5 Å². The lowest BCUT2D eigenvalue weighted by atomic mass is 10.0. The summed E-state index contributed by atoms with van der Waals surface area (Å²) in [5, 5.41) is 15.4. The topological polar surface area (TPSA) is 244 Å². The molecule has 39 heavy (non-hydrogen) atoms. The number of aliphatic carboxylic acids is 1. The number of para-hydroxylation sites is 1. The third-order valence-corrected chi connectivity index (χ3v) is 6.60. The number of aromatic amines is 1. The summed E-state index contributed by atoms with van der Waals surface area (Å²) in [5.41, 5.74) is 17.6. The van der Waals surface area contributed by atoms with Crippen LogP contribution in [0.5, 0.6) is 0 Å². The molecule has 4 unspecified atom stereocenters. The Bertz CT molecular complexity index is 1260. The van der Waals surface area contributed by atoms with E-state index in [9.17, 15) is 33.9 Å². The molecule has 3 rings (SSSR count). The Kier molecular flexibility index (Phi) is 9.60. The Morgan fingerprint density at radius 2 is 1.72 bits per heavy atom. The largest absolute Gasteiger partial charge is 0.480 e. The summed E-state index contributed by atoms with van der Waals surface area (Å²) in [7, 11) is 0. The standard InChI is InChI=1S/C25H33N7O7/c26-15(11-21(28)34)22(35)31-18(10-13-12-29-16-5-2-1-4-14(13)16)23(36)30-17(7-8-20(27)33)24(37)32-9-3-6-19(32)25(38)39/h1-2,4-5,12,15,17-19,29H,3,6-11,26H2,(H2,27,33)(H2,28,34)(H,30,36)(H,31,35)(H,38,39). The zero-order valence-corrected chi connectivity index (χ0v) is 21.2. The van der Waals surface area contributed by atoms with Gasteiger partial charge in [0.1, 0.15) is 18.1 Å². The van der Waals surface area contributed by atoms with Crippen molar-refractivity contribution in [2.24, 2.45) is 17.2 Å². The molecule has 1 fully saturated rings. The summed E-state index contributed by atoms with van der Waals surface area (Å²) >= 11 is 0. The van der Waals surface area contributed by atoms with E-state index >= 15 is 0 Å². The van der Waals surface area contributed by atoms with Crippen molar-refractivity contribution < 1.29 is 33.9 Å². The first kappa shape index (κ1) is 29.1. The van der Waals surface area contributed by atoms with Crippen LogP contribution in [0, 0.1) is 0 Å². The van der Waals surface area contributed by atoms with Crippen LogP contribution in [0.4, 0.5) is 0 Å². The van der Waals surface area contributed by atoms with Gasteiger partial charge in [-0.15, -0.1) is 0 Å². The summed E-state index contributed by atoms with van der Waals surface area (Å²) in [4.78, 5) is 78.1. The second-order valence-electron chi connectivity index (χ2n) is 9.50. The van der Waals surface area contributed by atoms with Crippen LogP contribution in [0.1, 0.15) is 37.7 Å². The van der Waals surface area contributed by atoms with Crippen molar-refractivity contribution in [2.45, 2.75) is 62.7 Å². The minimum Gasteiger partial charge on any atom is -0.480 e. The van der Waals surface area contributed by atoms with Gasteiger partial charge in [0.05, 0.1) is 12.5 Å². The molecule has 1 aliphatic heterocycles. The normalized spacial score (nSPS) is 17.3. The van der Waals surface area contributed by atoms with Crippen LogP contribution in [0.2, 0.25) is 0 Å². The monoisotopic (exact) mass is 543 g/mol. The number of benzene rings is 1. The number of rotatable bonds is 13. The van der Waals surface area contributed by atoms with Gasteiger partial charge in [0.25, 0.3) is 0 Å². The van der Waals surface area contributed by atoms with Gasteiger partial charge in [-0.05, 0) is 30.9 Å². The molecule has 10 N–H and O–H groups in total. The first-order valence-electron chi connectivity index (χ1n) is 12.5.